The van der Waals surface area contributed by atoms with Gasteiger partial charge in [0.2, 0.25) is 0 Å². The van der Waals surface area contributed by atoms with Gasteiger partial charge in [0.1, 0.15) is 5.54 Å². The van der Waals surface area contributed by atoms with E-state index in [1.54, 1.807) is 13.8 Å². The number of carbonyl (C=O) groups is 1. The molecule has 3 N–H and O–H groups in total. The number of hydrogen-bond donors (Lipinski definition) is 2. The molecule has 0 radical (unpaired) electrons. The Morgan fingerprint density at radius 3 is 2.69 bits per heavy atom. The summed E-state index contributed by atoms with van der Waals surface area (Å²) in [5, 5.41) is 6.92. The summed E-state index contributed by atoms with van der Waals surface area (Å²) < 4.78 is 4.84. The molecular weight excluding hydrogens is 168 g/mol. The van der Waals surface area contributed by atoms with Crippen LogP contribution in [-0.4, -0.2) is 24.3 Å². The number of esters is 1. The molecule has 0 spiro atoms. The van der Waals surface area contributed by atoms with E-state index in [1.165, 1.54) is 6.21 Å². The second-order valence-corrected chi connectivity index (χ2v) is 3.34. The minimum atomic E-state index is -0.992. The lowest BCUT2D eigenvalue weighted by atomic mass is 9.86. The molecule has 0 saturated carbocycles. The largest absolute Gasteiger partial charge is 0.465 e. The third-order valence-electron chi connectivity index (χ3n) is 2.21. The predicted molar refractivity (Wildman–Crippen MR) is 51.8 cm³/mol. The highest BCUT2D eigenvalue weighted by atomic mass is 16.5. The zero-order chi connectivity index (χ0) is 10.5. The normalized spacial score (nSPS) is 17.2. The van der Waals surface area contributed by atoms with E-state index < -0.39 is 11.5 Å². The molecule has 13 heavy (non-hydrogen) atoms. The molecule has 0 aliphatic carbocycles. The molecule has 0 rings (SSSR count). The average Bonchev–Trinajstić information content (AvgIpc) is 2.05. The first kappa shape index (κ1) is 12.1. The van der Waals surface area contributed by atoms with Gasteiger partial charge >= 0.3 is 5.97 Å². The van der Waals surface area contributed by atoms with Crippen molar-refractivity contribution < 1.29 is 9.53 Å². The van der Waals surface area contributed by atoms with Crippen molar-refractivity contribution in [3.63, 3.8) is 0 Å². The molecule has 0 aliphatic rings. The third-order valence-corrected chi connectivity index (χ3v) is 2.21. The first-order valence-electron chi connectivity index (χ1n) is 4.41. The maximum absolute atomic E-state index is 11.4. The van der Waals surface area contributed by atoms with Crippen LogP contribution >= 0.6 is 0 Å². The predicted octanol–water partition coefficient (Wildman–Crippen LogP) is 0.943. The summed E-state index contributed by atoms with van der Waals surface area (Å²) in [5.41, 5.74) is 4.81. The lowest BCUT2D eigenvalue weighted by molar-refractivity contribution is -0.150. The van der Waals surface area contributed by atoms with Crippen molar-refractivity contribution in [2.24, 2.45) is 11.7 Å². The SMILES string of the molecule is CCOC(=O)C(C)(N)[C@@H](C)CC=N. The molecule has 0 aromatic carbocycles. The zero-order valence-corrected chi connectivity index (χ0v) is 8.46. The standard InChI is InChI=1S/C9H18N2O2/c1-4-13-8(12)9(3,11)7(2)5-6-10/h6-7,10H,4-5,11H2,1-3H3/t7-,9?/m0/s1. The lowest BCUT2D eigenvalue weighted by Crippen LogP contribution is -2.51. The van der Waals surface area contributed by atoms with Gasteiger partial charge in [0.05, 0.1) is 6.61 Å². The van der Waals surface area contributed by atoms with Crippen LogP contribution in [0.25, 0.3) is 0 Å². The van der Waals surface area contributed by atoms with Gasteiger partial charge in [-0.15, -0.1) is 0 Å². The molecule has 76 valence electrons. The molecule has 0 aliphatic heterocycles. The second kappa shape index (κ2) is 4.97. The second-order valence-electron chi connectivity index (χ2n) is 3.34. The third kappa shape index (κ3) is 3.14. The highest BCUT2D eigenvalue weighted by molar-refractivity contribution is 5.80. The van der Waals surface area contributed by atoms with Gasteiger partial charge in [0, 0.05) is 0 Å². The molecule has 0 heterocycles. The van der Waals surface area contributed by atoms with Gasteiger partial charge in [-0.1, -0.05) is 6.92 Å². The van der Waals surface area contributed by atoms with Crippen LogP contribution in [0.4, 0.5) is 0 Å². The summed E-state index contributed by atoms with van der Waals surface area (Å²) in [4.78, 5) is 11.4. The fourth-order valence-corrected chi connectivity index (χ4v) is 0.909. The van der Waals surface area contributed by atoms with E-state index in [4.69, 9.17) is 15.9 Å². The highest BCUT2D eigenvalue weighted by Crippen LogP contribution is 2.18. The van der Waals surface area contributed by atoms with Crippen molar-refractivity contribution in [2.75, 3.05) is 6.61 Å². The molecule has 0 amide bonds. The van der Waals surface area contributed by atoms with Crippen LogP contribution in [0.2, 0.25) is 0 Å². The molecule has 1 unspecified atom stereocenters. The fourth-order valence-electron chi connectivity index (χ4n) is 0.909. The molecule has 2 atom stereocenters. The van der Waals surface area contributed by atoms with E-state index in [2.05, 4.69) is 0 Å². The Labute approximate surface area is 79.0 Å². The van der Waals surface area contributed by atoms with E-state index >= 15 is 0 Å². The maximum Gasteiger partial charge on any atom is 0.326 e. The van der Waals surface area contributed by atoms with Crippen LogP contribution in [0.15, 0.2) is 0 Å². The Morgan fingerprint density at radius 2 is 2.31 bits per heavy atom. The summed E-state index contributed by atoms with van der Waals surface area (Å²) in [7, 11) is 0. The molecule has 0 aromatic heterocycles. The maximum atomic E-state index is 11.4. The smallest absolute Gasteiger partial charge is 0.326 e. The lowest BCUT2D eigenvalue weighted by Gasteiger charge is -2.27. The Hall–Kier alpha value is -0.900. The van der Waals surface area contributed by atoms with Crippen molar-refractivity contribution >= 4 is 12.2 Å². The van der Waals surface area contributed by atoms with Gasteiger partial charge < -0.3 is 15.9 Å². The van der Waals surface area contributed by atoms with Crippen LogP contribution in [0.5, 0.6) is 0 Å². The first-order chi connectivity index (χ1) is 5.96. The topological polar surface area (TPSA) is 76.2 Å². The molecule has 0 bridgehead atoms. The summed E-state index contributed by atoms with van der Waals surface area (Å²) >= 11 is 0. The highest BCUT2D eigenvalue weighted by Gasteiger charge is 2.35. The fraction of sp³-hybridized carbons (Fsp3) is 0.778. The van der Waals surface area contributed by atoms with Crippen LogP contribution in [0, 0.1) is 11.3 Å². The first-order valence-corrected chi connectivity index (χ1v) is 4.41. The van der Waals surface area contributed by atoms with Crippen molar-refractivity contribution in [3.8, 4) is 0 Å². The summed E-state index contributed by atoms with van der Waals surface area (Å²) in [5.74, 6) is -0.478. The van der Waals surface area contributed by atoms with E-state index in [0.29, 0.717) is 13.0 Å². The number of rotatable bonds is 5. The van der Waals surface area contributed by atoms with Gasteiger partial charge in [-0.2, -0.15) is 0 Å². The summed E-state index contributed by atoms with van der Waals surface area (Å²) in [6, 6.07) is 0. The minimum Gasteiger partial charge on any atom is -0.465 e. The van der Waals surface area contributed by atoms with Gasteiger partial charge in [0.25, 0.3) is 0 Å². The molecular formula is C9H18N2O2. The van der Waals surface area contributed by atoms with E-state index in [1.807, 2.05) is 6.92 Å². The van der Waals surface area contributed by atoms with Gasteiger partial charge in [-0.3, -0.25) is 4.79 Å². The van der Waals surface area contributed by atoms with Crippen LogP contribution in [0.3, 0.4) is 0 Å². The number of nitrogens with one attached hydrogen (secondary N) is 1. The van der Waals surface area contributed by atoms with Crippen molar-refractivity contribution in [1.29, 1.82) is 5.41 Å². The summed E-state index contributed by atoms with van der Waals surface area (Å²) in [6.07, 6.45) is 1.75. The van der Waals surface area contributed by atoms with Gasteiger partial charge in [-0.25, -0.2) is 0 Å². The Balaban J connectivity index is 4.34. The Bertz CT molecular complexity index is 190. The minimum absolute atomic E-state index is 0.0796. The van der Waals surface area contributed by atoms with Crippen LogP contribution in [0.1, 0.15) is 27.2 Å². The van der Waals surface area contributed by atoms with Gasteiger partial charge in [-0.05, 0) is 32.4 Å². The van der Waals surface area contributed by atoms with E-state index in [-0.39, 0.29) is 5.92 Å². The molecule has 0 saturated heterocycles. The average molecular weight is 186 g/mol. The monoisotopic (exact) mass is 186 g/mol. The number of hydrogen-bond acceptors (Lipinski definition) is 4. The number of ether oxygens (including phenoxy) is 1. The van der Waals surface area contributed by atoms with E-state index in [0.717, 1.165) is 0 Å². The van der Waals surface area contributed by atoms with Crippen molar-refractivity contribution in [3.05, 3.63) is 0 Å². The zero-order valence-electron chi connectivity index (χ0n) is 8.46. The van der Waals surface area contributed by atoms with Crippen molar-refractivity contribution in [1.82, 2.24) is 0 Å². The molecule has 4 heteroatoms. The Kier molecular flexibility index (Phi) is 4.62. The van der Waals surface area contributed by atoms with E-state index in [9.17, 15) is 4.79 Å². The molecule has 4 nitrogen and oxygen atoms in total. The quantitative estimate of drug-likeness (QED) is 0.495. The van der Waals surface area contributed by atoms with Crippen LogP contribution < -0.4 is 5.73 Å². The van der Waals surface area contributed by atoms with Gasteiger partial charge in [0.15, 0.2) is 0 Å². The Morgan fingerprint density at radius 1 is 1.77 bits per heavy atom. The van der Waals surface area contributed by atoms with Crippen LogP contribution in [-0.2, 0) is 9.53 Å². The number of carbonyl (C=O) groups excluding carboxylic acids is 1. The molecule has 0 fully saturated rings. The van der Waals surface area contributed by atoms with Crippen molar-refractivity contribution in [2.45, 2.75) is 32.7 Å². The number of nitrogens with two attached hydrogens (primary N) is 1. The summed E-state index contributed by atoms with van der Waals surface area (Å²) in [6.45, 7) is 5.55. The molecule has 0 aromatic rings.